The van der Waals surface area contributed by atoms with Gasteiger partial charge in [0.15, 0.2) is 0 Å². The molecule has 1 saturated heterocycles. The molecule has 1 aliphatic heterocycles. The van der Waals surface area contributed by atoms with Crippen molar-refractivity contribution in [1.29, 1.82) is 0 Å². The summed E-state index contributed by atoms with van der Waals surface area (Å²) in [6.07, 6.45) is 1.95. The third-order valence-corrected chi connectivity index (χ3v) is 2.48. The van der Waals surface area contributed by atoms with Gasteiger partial charge in [-0.1, -0.05) is 6.07 Å². The van der Waals surface area contributed by atoms with Gasteiger partial charge in [-0.05, 0) is 12.1 Å². The number of pyridine rings is 1. The number of nitrogens with zero attached hydrogens (tertiary/aromatic N) is 2. The molecule has 0 radical (unpaired) electrons. The highest BCUT2D eigenvalue weighted by molar-refractivity contribution is 5.92. The van der Waals surface area contributed by atoms with Crippen LogP contribution >= 0.6 is 0 Å². The van der Waals surface area contributed by atoms with Crippen LogP contribution in [0.4, 0.5) is 0 Å². The van der Waals surface area contributed by atoms with Crippen LogP contribution in [0.1, 0.15) is 16.9 Å². The third-order valence-electron chi connectivity index (χ3n) is 2.48. The van der Waals surface area contributed by atoms with Crippen molar-refractivity contribution in [1.82, 2.24) is 15.2 Å². The Kier molecular flexibility index (Phi) is 3.14. The van der Waals surface area contributed by atoms with Crippen molar-refractivity contribution in [3.8, 4) is 0 Å². The normalized spacial score (nSPS) is 16.5. The van der Waals surface area contributed by atoms with E-state index in [2.05, 4.69) is 10.3 Å². The van der Waals surface area contributed by atoms with Gasteiger partial charge < -0.3 is 10.2 Å². The molecule has 0 spiro atoms. The molecule has 84 valence electrons. The number of carbonyl (C=O) groups is 2. The second-order valence-electron chi connectivity index (χ2n) is 3.61. The zero-order valence-corrected chi connectivity index (χ0v) is 8.85. The first-order valence-corrected chi connectivity index (χ1v) is 5.24. The molecular weight excluding hydrogens is 206 g/mol. The van der Waals surface area contributed by atoms with Crippen molar-refractivity contribution >= 4 is 11.8 Å². The number of hydrogen-bond donors (Lipinski definition) is 1. The van der Waals surface area contributed by atoms with Gasteiger partial charge in [-0.3, -0.25) is 14.6 Å². The lowest BCUT2D eigenvalue weighted by Crippen LogP contribution is -2.34. The lowest BCUT2D eigenvalue weighted by molar-refractivity contribution is -0.120. The molecule has 16 heavy (non-hydrogen) atoms. The SMILES string of the molecule is O=C1CCN(C(=O)c2ccccn2)CCN1. The maximum Gasteiger partial charge on any atom is 0.272 e. The van der Waals surface area contributed by atoms with Gasteiger partial charge in [0.05, 0.1) is 0 Å². The molecule has 0 unspecified atom stereocenters. The minimum Gasteiger partial charge on any atom is -0.354 e. The molecule has 0 atom stereocenters. The van der Waals surface area contributed by atoms with Crippen molar-refractivity contribution in [2.75, 3.05) is 19.6 Å². The molecule has 0 aromatic carbocycles. The smallest absolute Gasteiger partial charge is 0.272 e. The molecule has 1 N–H and O–H groups in total. The minimum atomic E-state index is -0.114. The Labute approximate surface area is 93.5 Å². The molecule has 0 saturated carbocycles. The Morgan fingerprint density at radius 2 is 2.25 bits per heavy atom. The molecule has 0 aliphatic carbocycles. The number of aromatic nitrogens is 1. The number of nitrogens with one attached hydrogen (secondary N) is 1. The first kappa shape index (κ1) is 10.6. The summed E-state index contributed by atoms with van der Waals surface area (Å²) in [7, 11) is 0. The van der Waals surface area contributed by atoms with Gasteiger partial charge in [-0.25, -0.2) is 0 Å². The van der Waals surface area contributed by atoms with Crippen LogP contribution in [0.15, 0.2) is 24.4 Å². The monoisotopic (exact) mass is 219 g/mol. The standard InChI is InChI=1S/C11H13N3O2/c15-10-4-7-14(8-6-13-10)11(16)9-3-1-2-5-12-9/h1-3,5H,4,6-8H2,(H,13,15). The Bertz CT molecular complexity index is 391. The minimum absolute atomic E-state index is 0.00341. The van der Waals surface area contributed by atoms with Crippen LogP contribution in [-0.4, -0.2) is 41.3 Å². The van der Waals surface area contributed by atoms with Crippen LogP contribution in [0.25, 0.3) is 0 Å². The molecule has 2 rings (SSSR count). The largest absolute Gasteiger partial charge is 0.354 e. The lowest BCUT2D eigenvalue weighted by Gasteiger charge is -2.18. The highest BCUT2D eigenvalue weighted by Crippen LogP contribution is 2.04. The van der Waals surface area contributed by atoms with Gasteiger partial charge in [-0.15, -0.1) is 0 Å². The number of carbonyl (C=O) groups excluding carboxylic acids is 2. The van der Waals surface area contributed by atoms with Crippen LogP contribution in [0.5, 0.6) is 0 Å². The fraction of sp³-hybridized carbons (Fsp3) is 0.364. The summed E-state index contributed by atoms with van der Waals surface area (Å²) in [6.45, 7) is 1.51. The van der Waals surface area contributed by atoms with Crippen LogP contribution in [0.2, 0.25) is 0 Å². The summed E-state index contributed by atoms with van der Waals surface area (Å²) in [5.41, 5.74) is 0.428. The van der Waals surface area contributed by atoms with E-state index in [1.54, 1.807) is 29.3 Å². The zero-order valence-electron chi connectivity index (χ0n) is 8.85. The van der Waals surface area contributed by atoms with Crippen molar-refractivity contribution in [3.05, 3.63) is 30.1 Å². The second-order valence-corrected chi connectivity index (χ2v) is 3.61. The molecule has 2 heterocycles. The van der Waals surface area contributed by atoms with E-state index in [-0.39, 0.29) is 11.8 Å². The van der Waals surface area contributed by atoms with E-state index in [9.17, 15) is 9.59 Å². The fourth-order valence-electron chi connectivity index (χ4n) is 1.62. The summed E-state index contributed by atoms with van der Waals surface area (Å²) in [6, 6.07) is 5.23. The van der Waals surface area contributed by atoms with Crippen molar-refractivity contribution < 1.29 is 9.59 Å². The van der Waals surface area contributed by atoms with E-state index in [0.29, 0.717) is 31.7 Å². The summed E-state index contributed by atoms with van der Waals surface area (Å²) < 4.78 is 0. The van der Waals surface area contributed by atoms with Crippen LogP contribution < -0.4 is 5.32 Å². The highest BCUT2D eigenvalue weighted by atomic mass is 16.2. The summed E-state index contributed by atoms with van der Waals surface area (Å²) >= 11 is 0. The van der Waals surface area contributed by atoms with Gasteiger partial charge in [0.25, 0.3) is 5.91 Å². The highest BCUT2D eigenvalue weighted by Gasteiger charge is 2.19. The number of amides is 2. The van der Waals surface area contributed by atoms with Gasteiger partial charge in [0.1, 0.15) is 5.69 Å². The molecule has 5 nitrogen and oxygen atoms in total. The lowest BCUT2D eigenvalue weighted by atomic mass is 10.3. The third kappa shape index (κ3) is 2.36. The van der Waals surface area contributed by atoms with E-state index in [1.807, 2.05) is 0 Å². The molecular formula is C11H13N3O2. The van der Waals surface area contributed by atoms with Crippen molar-refractivity contribution in [2.24, 2.45) is 0 Å². The predicted octanol–water partition coefficient (Wildman–Crippen LogP) is 0.0437. The van der Waals surface area contributed by atoms with Gasteiger partial charge in [0, 0.05) is 32.3 Å². The van der Waals surface area contributed by atoms with E-state index < -0.39 is 0 Å². The topological polar surface area (TPSA) is 62.3 Å². The zero-order chi connectivity index (χ0) is 11.4. The molecule has 2 amide bonds. The van der Waals surface area contributed by atoms with E-state index in [0.717, 1.165) is 0 Å². The Balaban J connectivity index is 2.07. The van der Waals surface area contributed by atoms with E-state index in [4.69, 9.17) is 0 Å². The van der Waals surface area contributed by atoms with Crippen LogP contribution in [0, 0.1) is 0 Å². The molecule has 1 aliphatic rings. The molecule has 1 aromatic rings. The van der Waals surface area contributed by atoms with Crippen LogP contribution in [0.3, 0.4) is 0 Å². The average Bonchev–Trinajstić information content (AvgIpc) is 2.54. The Hall–Kier alpha value is -1.91. The average molecular weight is 219 g/mol. The summed E-state index contributed by atoms with van der Waals surface area (Å²) in [5.74, 6) is -0.117. The van der Waals surface area contributed by atoms with Crippen LogP contribution in [-0.2, 0) is 4.79 Å². The summed E-state index contributed by atoms with van der Waals surface area (Å²) in [4.78, 5) is 28.8. The fourth-order valence-corrected chi connectivity index (χ4v) is 1.62. The number of rotatable bonds is 1. The van der Waals surface area contributed by atoms with E-state index >= 15 is 0 Å². The summed E-state index contributed by atoms with van der Waals surface area (Å²) in [5, 5.41) is 2.73. The van der Waals surface area contributed by atoms with Gasteiger partial charge in [-0.2, -0.15) is 0 Å². The maximum absolute atomic E-state index is 12.0. The molecule has 1 fully saturated rings. The molecule has 0 bridgehead atoms. The second kappa shape index (κ2) is 4.74. The maximum atomic E-state index is 12.0. The predicted molar refractivity (Wildman–Crippen MR) is 57.8 cm³/mol. The van der Waals surface area contributed by atoms with Crippen molar-refractivity contribution in [3.63, 3.8) is 0 Å². The molecule has 5 heteroatoms. The van der Waals surface area contributed by atoms with Gasteiger partial charge in [0.2, 0.25) is 5.91 Å². The Morgan fingerprint density at radius 3 is 3.00 bits per heavy atom. The quantitative estimate of drug-likeness (QED) is 0.725. The Morgan fingerprint density at radius 1 is 1.38 bits per heavy atom. The van der Waals surface area contributed by atoms with Crippen molar-refractivity contribution in [2.45, 2.75) is 6.42 Å². The van der Waals surface area contributed by atoms with E-state index in [1.165, 1.54) is 0 Å². The van der Waals surface area contributed by atoms with Gasteiger partial charge >= 0.3 is 0 Å². The molecule has 1 aromatic heterocycles. The first-order valence-electron chi connectivity index (χ1n) is 5.24. The number of hydrogen-bond acceptors (Lipinski definition) is 3. The first-order chi connectivity index (χ1) is 7.77.